The molecule has 1 aromatic heterocycles. The Morgan fingerprint density at radius 2 is 2.28 bits per heavy atom. The molecule has 0 amide bonds. The number of nitrogens with zero attached hydrogens (tertiary/aromatic N) is 2. The highest BCUT2D eigenvalue weighted by molar-refractivity contribution is 7.09. The third kappa shape index (κ3) is 4.58. The molecule has 0 spiro atoms. The van der Waals surface area contributed by atoms with Gasteiger partial charge in [-0.25, -0.2) is 9.78 Å². The van der Waals surface area contributed by atoms with E-state index in [4.69, 9.17) is 9.84 Å². The van der Waals surface area contributed by atoms with E-state index in [1.165, 1.54) is 11.5 Å². The minimum Gasteiger partial charge on any atom is -0.480 e. The molecule has 2 N–H and O–H groups in total. The number of hydrogen-bond acceptors (Lipinski definition) is 6. The minimum atomic E-state index is -0.882. The zero-order chi connectivity index (χ0) is 13.5. The van der Waals surface area contributed by atoms with Crippen LogP contribution >= 0.6 is 11.5 Å². The van der Waals surface area contributed by atoms with Gasteiger partial charge in [0.25, 0.3) is 0 Å². The van der Waals surface area contributed by atoms with Crippen molar-refractivity contribution in [2.75, 3.05) is 19.0 Å². The van der Waals surface area contributed by atoms with Crippen LogP contribution in [0.4, 0.5) is 5.13 Å². The highest BCUT2D eigenvalue weighted by Gasteiger charge is 2.19. The maximum atomic E-state index is 11.1. The summed E-state index contributed by atoms with van der Waals surface area (Å²) in [6.07, 6.45) is 1.19. The summed E-state index contributed by atoms with van der Waals surface area (Å²) in [5.41, 5.74) is 0. The lowest BCUT2D eigenvalue weighted by atomic mass is 10.1. The fourth-order valence-electron chi connectivity index (χ4n) is 1.37. The molecule has 1 heterocycles. The lowest BCUT2D eigenvalue weighted by molar-refractivity contribution is -0.138. The van der Waals surface area contributed by atoms with Crippen molar-refractivity contribution in [3.8, 4) is 0 Å². The van der Waals surface area contributed by atoms with Gasteiger partial charge in [-0.05, 0) is 12.8 Å². The van der Waals surface area contributed by atoms with E-state index in [-0.39, 0.29) is 5.92 Å². The second-order valence-corrected chi connectivity index (χ2v) is 5.03. The summed E-state index contributed by atoms with van der Waals surface area (Å²) < 4.78 is 9.09. The molecule has 0 radical (unpaired) electrons. The Balaban J connectivity index is 2.56. The van der Waals surface area contributed by atoms with Crippen LogP contribution in [-0.4, -0.2) is 40.2 Å². The average Bonchev–Trinajstić information content (AvgIpc) is 2.76. The van der Waals surface area contributed by atoms with Gasteiger partial charge in [-0.1, -0.05) is 13.8 Å². The predicted molar refractivity (Wildman–Crippen MR) is 70.2 cm³/mol. The fourth-order valence-corrected chi connectivity index (χ4v) is 2.13. The summed E-state index contributed by atoms with van der Waals surface area (Å²) in [4.78, 5) is 15.4. The molecule has 1 atom stereocenters. The molecule has 1 aromatic rings. The van der Waals surface area contributed by atoms with Gasteiger partial charge in [0.1, 0.15) is 11.9 Å². The van der Waals surface area contributed by atoms with Crippen molar-refractivity contribution < 1.29 is 14.6 Å². The van der Waals surface area contributed by atoms with Crippen molar-refractivity contribution in [1.82, 2.24) is 9.36 Å². The normalized spacial score (nSPS) is 12.7. The molecule has 0 aromatic carbocycles. The van der Waals surface area contributed by atoms with Crippen molar-refractivity contribution >= 4 is 22.6 Å². The fraction of sp³-hybridized carbons (Fsp3) is 0.727. The molecule has 0 fully saturated rings. The summed E-state index contributed by atoms with van der Waals surface area (Å²) in [5, 5.41) is 12.6. The van der Waals surface area contributed by atoms with Crippen molar-refractivity contribution in [2.45, 2.75) is 38.6 Å². The van der Waals surface area contributed by atoms with Gasteiger partial charge < -0.3 is 15.2 Å². The van der Waals surface area contributed by atoms with Crippen LogP contribution in [0.25, 0.3) is 0 Å². The second kappa shape index (κ2) is 7.27. The van der Waals surface area contributed by atoms with Crippen molar-refractivity contribution in [3.63, 3.8) is 0 Å². The van der Waals surface area contributed by atoms with Crippen LogP contribution in [0.15, 0.2) is 0 Å². The molecule has 0 bridgehead atoms. The van der Waals surface area contributed by atoms with Gasteiger partial charge in [-0.15, -0.1) is 0 Å². The number of carboxylic acids is 1. The smallest absolute Gasteiger partial charge is 0.326 e. The van der Waals surface area contributed by atoms with E-state index in [2.05, 4.69) is 14.7 Å². The summed E-state index contributed by atoms with van der Waals surface area (Å²) in [6.45, 7) is 4.55. The van der Waals surface area contributed by atoms with E-state index in [0.717, 1.165) is 5.82 Å². The summed E-state index contributed by atoms with van der Waals surface area (Å²) >= 11 is 1.20. The molecule has 7 heteroatoms. The van der Waals surface area contributed by atoms with E-state index in [1.54, 1.807) is 7.11 Å². The number of anilines is 1. The Labute approximate surface area is 111 Å². The van der Waals surface area contributed by atoms with Gasteiger partial charge in [0.15, 0.2) is 0 Å². The number of ether oxygens (including phenoxy) is 1. The van der Waals surface area contributed by atoms with Crippen LogP contribution in [-0.2, 0) is 9.53 Å². The third-order valence-electron chi connectivity index (χ3n) is 2.40. The third-order valence-corrected chi connectivity index (χ3v) is 3.06. The van der Waals surface area contributed by atoms with Gasteiger partial charge >= 0.3 is 5.97 Å². The van der Waals surface area contributed by atoms with E-state index >= 15 is 0 Å². The maximum Gasteiger partial charge on any atom is 0.326 e. The predicted octanol–water partition coefficient (Wildman–Crippen LogP) is 1.95. The molecule has 0 aliphatic heterocycles. The van der Waals surface area contributed by atoms with Gasteiger partial charge in [-0.2, -0.15) is 4.37 Å². The van der Waals surface area contributed by atoms with Gasteiger partial charge in [0.2, 0.25) is 5.13 Å². The molecule has 0 aliphatic rings. The van der Waals surface area contributed by atoms with Crippen LogP contribution in [0.1, 0.15) is 38.4 Å². The van der Waals surface area contributed by atoms with Crippen molar-refractivity contribution in [1.29, 1.82) is 0 Å². The average molecular weight is 273 g/mol. The lowest BCUT2D eigenvalue weighted by Gasteiger charge is -2.12. The van der Waals surface area contributed by atoms with E-state index in [9.17, 15) is 4.79 Å². The number of nitrogens with one attached hydrogen (secondary N) is 1. The van der Waals surface area contributed by atoms with E-state index in [1.807, 2.05) is 13.8 Å². The first kappa shape index (κ1) is 14.8. The molecule has 102 valence electrons. The van der Waals surface area contributed by atoms with Gasteiger partial charge in [-0.3, -0.25) is 0 Å². The SMILES string of the molecule is COCCCC(Nc1nc(C(C)C)ns1)C(=O)O. The molecule has 0 saturated heterocycles. The first-order chi connectivity index (χ1) is 8.54. The van der Waals surface area contributed by atoms with E-state index in [0.29, 0.717) is 24.6 Å². The van der Waals surface area contributed by atoms with Gasteiger partial charge in [0, 0.05) is 31.2 Å². The number of aromatic nitrogens is 2. The van der Waals surface area contributed by atoms with Crippen LogP contribution in [0, 0.1) is 0 Å². The Hall–Kier alpha value is -1.21. The summed E-state index contributed by atoms with van der Waals surface area (Å²) in [6, 6.07) is -0.645. The van der Waals surface area contributed by atoms with Crippen molar-refractivity contribution in [2.24, 2.45) is 0 Å². The van der Waals surface area contributed by atoms with Crippen LogP contribution in [0.2, 0.25) is 0 Å². The van der Waals surface area contributed by atoms with Gasteiger partial charge in [0.05, 0.1) is 0 Å². The highest BCUT2D eigenvalue weighted by Crippen LogP contribution is 2.18. The largest absolute Gasteiger partial charge is 0.480 e. The second-order valence-electron chi connectivity index (χ2n) is 4.28. The number of carbonyl (C=O) groups is 1. The molecule has 1 unspecified atom stereocenters. The van der Waals surface area contributed by atoms with Crippen LogP contribution < -0.4 is 5.32 Å². The maximum absolute atomic E-state index is 11.1. The molecule has 6 nitrogen and oxygen atoms in total. The highest BCUT2D eigenvalue weighted by atomic mass is 32.1. The standard InChI is InChI=1S/C11H19N3O3S/c1-7(2)9-13-11(18-14-9)12-8(10(15)16)5-4-6-17-3/h7-8H,4-6H2,1-3H3,(H,15,16)(H,12,13,14). The number of aliphatic carboxylic acids is 1. The molecular formula is C11H19N3O3S. The Bertz CT molecular complexity index is 381. The van der Waals surface area contributed by atoms with Crippen LogP contribution in [0.3, 0.4) is 0 Å². The number of carboxylic acid groups (broad SMARTS) is 1. The van der Waals surface area contributed by atoms with E-state index < -0.39 is 12.0 Å². The molecule has 0 saturated carbocycles. The van der Waals surface area contributed by atoms with Crippen LogP contribution in [0.5, 0.6) is 0 Å². The molecule has 0 aliphatic carbocycles. The van der Waals surface area contributed by atoms with Crippen molar-refractivity contribution in [3.05, 3.63) is 5.82 Å². The molecular weight excluding hydrogens is 254 g/mol. The lowest BCUT2D eigenvalue weighted by Crippen LogP contribution is -2.29. The number of methoxy groups -OCH3 is 1. The topological polar surface area (TPSA) is 84.3 Å². The first-order valence-electron chi connectivity index (χ1n) is 5.86. The Morgan fingerprint density at radius 1 is 1.56 bits per heavy atom. The number of rotatable bonds is 8. The monoisotopic (exact) mass is 273 g/mol. The Kier molecular flexibility index (Phi) is 6.00. The molecule has 1 rings (SSSR count). The zero-order valence-electron chi connectivity index (χ0n) is 10.8. The minimum absolute atomic E-state index is 0.244. The molecule has 18 heavy (non-hydrogen) atoms. The summed E-state index contributed by atoms with van der Waals surface area (Å²) in [5.74, 6) is 0.101. The first-order valence-corrected chi connectivity index (χ1v) is 6.63. The quantitative estimate of drug-likeness (QED) is 0.704. The zero-order valence-corrected chi connectivity index (χ0v) is 11.7. The summed E-state index contributed by atoms with van der Waals surface area (Å²) in [7, 11) is 1.60. The Morgan fingerprint density at radius 3 is 2.78 bits per heavy atom. The number of hydrogen-bond donors (Lipinski definition) is 2.